The molecule has 1 atom stereocenters. The van der Waals surface area contributed by atoms with Gasteiger partial charge in [-0.3, -0.25) is 0 Å². The zero-order valence-electron chi connectivity index (χ0n) is 27.7. The number of rotatable bonds is 6. The molecule has 50 heavy (non-hydrogen) atoms. The van der Waals surface area contributed by atoms with E-state index in [9.17, 15) is 0 Å². The van der Waals surface area contributed by atoms with Gasteiger partial charge in [-0.1, -0.05) is 153 Å². The molecule has 0 radical (unpaired) electrons. The predicted molar refractivity (Wildman–Crippen MR) is 207 cm³/mol. The third kappa shape index (κ3) is 5.69. The van der Waals surface area contributed by atoms with Gasteiger partial charge in [-0.2, -0.15) is 0 Å². The minimum atomic E-state index is 0.390. The molecule has 7 aromatic carbocycles. The van der Waals surface area contributed by atoms with E-state index >= 15 is 0 Å². The summed E-state index contributed by atoms with van der Waals surface area (Å²) in [4.78, 5) is 15.3. The molecule has 1 unspecified atom stereocenters. The predicted octanol–water partition coefficient (Wildman–Crippen LogP) is 12.2. The van der Waals surface area contributed by atoms with Gasteiger partial charge in [0.05, 0.1) is 0 Å². The van der Waals surface area contributed by atoms with Crippen molar-refractivity contribution in [3.05, 3.63) is 181 Å². The molecule has 1 aliphatic rings. The number of aromatic nitrogens is 3. The highest BCUT2D eigenvalue weighted by Crippen LogP contribution is 2.38. The first-order valence-corrected chi connectivity index (χ1v) is 17.1. The number of hydrogen-bond acceptors (Lipinski definition) is 3. The molecule has 0 saturated heterocycles. The summed E-state index contributed by atoms with van der Waals surface area (Å²) >= 11 is 0. The topological polar surface area (TPSA) is 38.7 Å². The van der Waals surface area contributed by atoms with Crippen molar-refractivity contribution in [3.8, 4) is 67.5 Å². The van der Waals surface area contributed by atoms with Crippen molar-refractivity contribution in [2.75, 3.05) is 0 Å². The van der Waals surface area contributed by atoms with Gasteiger partial charge < -0.3 is 0 Å². The Hall–Kier alpha value is -6.45. The van der Waals surface area contributed by atoms with E-state index < -0.39 is 0 Å². The molecule has 8 aromatic rings. The van der Waals surface area contributed by atoms with Crippen molar-refractivity contribution >= 4 is 16.8 Å². The van der Waals surface area contributed by atoms with Crippen molar-refractivity contribution in [3.63, 3.8) is 0 Å². The molecule has 236 valence electrons. The summed E-state index contributed by atoms with van der Waals surface area (Å²) in [7, 11) is 0. The van der Waals surface area contributed by atoms with Gasteiger partial charge in [-0.25, -0.2) is 15.0 Å². The van der Waals surface area contributed by atoms with Crippen molar-refractivity contribution < 1.29 is 0 Å². The molecule has 0 fully saturated rings. The molecule has 3 heteroatoms. The van der Waals surface area contributed by atoms with Crippen molar-refractivity contribution in [2.24, 2.45) is 0 Å². The zero-order chi connectivity index (χ0) is 33.4. The number of fused-ring (bicyclic) bond motifs is 2. The van der Waals surface area contributed by atoms with Crippen LogP contribution in [0.4, 0.5) is 0 Å². The average Bonchev–Trinajstić information content (AvgIpc) is 3.57. The summed E-state index contributed by atoms with van der Waals surface area (Å²) in [5.41, 5.74) is 12.4. The molecule has 0 bridgehead atoms. The van der Waals surface area contributed by atoms with Crippen LogP contribution in [-0.4, -0.2) is 15.0 Å². The Balaban J connectivity index is 1.22. The maximum atomic E-state index is 5.16. The molecule has 1 aromatic heterocycles. The lowest BCUT2D eigenvalue weighted by molar-refractivity contribution is 0.991. The molecule has 0 saturated carbocycles. The third-order valence-corrected chi connectivity index (χ3v) is 9.67. The van der Waals surface area contributed by atoms with Crippen molar-refractivity contribution in [1.82, 2.24) is 15.0 Å². The zero-order valence-corrected chi connectivity index (χ0v) is 27.7. The largest absolute Gasteiger partial charge is 0.208 e. The maximum Gasteiger partial charge on any atom is 0.164 e. The van der Waals surface area contributed by atoms with E-state index in [1.807, 2.05) is 24.3 Å². The lowest BCUT2D eigenvalue weighted by Gasteiger charge is -2.14. The SMILES string of the molecule is CC1C=Cc2ccc(-c3cc(-c4ccc5ccccc5c4)cc(-c4nc(-c5ccccc5)nc(-c5ccc(-c6ccccc6)cc5)n4)c3)cc21. The molecule has 9 rings (SSSR count). The van der Waals surface area contributed by atoms with Crippen LogP contribution in [0.15, 0.2) is 170 Å². The summed E-state index contributed by atoms with van der Waals surface area (Å²) < 4.78 is 0. The number of allylic oxidation sites excluding steroid dienone is 1. The highest BCUT2D eigenvalue weighted by molar-refractivity contribution is 5.89. The van der Waals surface area contributed by atoms with Gasteiger partial charge in [0.1, 0.15) is 0 Å². The Morgan fingerprint density at radius 3 is 1.54 bits per heavy atom. The van der Waals surface area contributed by atoms with Crippen molar-refractivity contribution in [2.45, 2.75) is 12.8 Å². The molecule has 0 aliphatic heterocycles. The smallest absolute Gasteiger partial charge is 0.164 e. The van der Waals surface area contributed by atoms with Gasteiger partial charge in [-0.05, 0) is 91.5 Å². The van der Waals surface area contributed by atoms with E-state index in [0.29, 0.717) is 23.4 Å². The Morgan fingerprint density at radius 1 is 0.360 bits per heavy atom. The first-order valence-electron chi connectivity index (χ1n) is 17.1. The second-order valence-electron chi connectivity index (χ2n) is 13.0. The maximum absolute atomic E-state index is 5.16. The first-order chi connectivity index (χ1) is 24.6. The first kappa shape index (κ1) is 29.7. The molecular formula is C47H33N3. The summed E-state index contributed by atoms with van der Waals surface area (Å²) in [6, 6.07) is 57.8. The summed E-state index contributed by atoms with van der Waals surface area (Å²) in [5.74, 6) is 2.32. The lowest BCUT2D eigenvalue weighted by atomic mass is 9.92. The fourth-order valence-electron chi connectivity index (χ4n) is 6.90. The van der Waals surface area contributed by atoms with Gasteiger partial charge in [0.15, 0.2) is 17.5 Å². The summed E-state index contributed by atoms with van der Waals surface area (Å²) in [5, 5.41) is 2.43. The Kier molecular flexibility index (Phi) is 7.44. The van der Waals surface area contributed by atoms with E-state index in [1.165, 1.54) is 33.0 Å². The van der Waals surface area contributed by atoms with Gasteiger partial charge in [0.2, 0.25) is 0 Å². The fourth-order valence-corrected chi connectivity index (χ4v) is 6.90. The molecule has 1 aliphatic carbocycles. The van der Waals surface area contributed by atoms with Crippen LogP contribution in [0.25, 0.3) is 84.4 Å². The third-order valence-electron chi connectivity index (χ3n) is 9.67. The normalized spacial score (nSPS) is 13.4. The van der Waals surface area contributed by atoms with Crippen LogP contribution >= 0.6 is 0 Å². The van der Waals surface area contributed by atoms with Crippen LogP contribution in [0.2, 0.25) is 0 Å². The number of benzene rings is 7. The van der Waals surface area contributed by atoms with Crippen molar-refractivity contribution in [1.29, 1.82) is 0 Å². The summed E-state index contributed by atoms with van der Waals surface area (Å²) in [6.07, 6.45) is 4.50. The van der Waals surface area contributed by atoms with E-state index in [2.05, 4.69) is 159 Å². The lowest BCUT2D eigenvalue weighted by Crippen LogP contribution is -2.00. The van der Waals surface area contributed by atoms with Crippen LogP contribution in [0.5, 0.6) is 0 Å². The highest BCUT2D eigenvalue weighted by Gasteiger charge is 2.17. The minimum Gasteiger partial charge on any atom is -0.208 e. The second kappa shape index (κ2) is 12.5. The molecule has 0 N–H and O–H groups in total. The molecule has 0 spiro atoms. The monoisotopic (exact) mass is 639 g/mol. The van der Waals surface area contributed by atoms with Crippen LogP contribution < -0.4 is 0 Å². The Bertz CT molecular complexity index is 2530. The quantitative estimate of drug-likeness (QED) is 0.182. The number of hydrogen-bond donors (Lipinski definition) is 0. The standard InChI is InChI=1S/C47H33N3/c1-31-16-17-35-21-25-40(30-44(31)35)42-27-41(39-24-20-33-12-8-9-15-38(33)26-39)28-43(29-42)47-49-45(36-13-6-3-7-14-36)48-46(50-47)37-22-18-34(19-23-37)32-10-4-2-5-11-32/h2-31H,1H3. The van der Waals surface area contributed by atoms with E-state index in [0.717, 1.165) is 38.9 Å². The van der Waals surface area contributed by atoms with Crippen LogP contribution in [0.3, 0.4) is 0 Å². The summed E-state index contributed by atoms with van der Waals surface area (Å²) in [6.45, 7) is 2.26. The van der Waals surface area contributed by atoms with Gasteiger partial charge in [0.25, 0.3) is 0 Å². The Labute approximate surface area is 292 Å². The van der Waals surface area contributed by atoms with E-state index in [-0.39, 0.29) is 0 Å². The van der Waals surface area contributed by atoms with E-state index in [1.54, 1.807) is 0 Å². The van der Waals surface area contributed by atoms with Gasteiger partial charge >= 0.3 is 0 Å². The second-order valence-corrected chi connectivity index (χ2v) is 13.0. The Morgan fingerprint density at radius 2 is 0.840 bits per heavy atom. The fraction of sp³-hybridized carbons (Fsp3) is 0.0426. The van der Waals surface area contributed by atoms with Crippen LogP contribution in [0.1, 0.15) is 24.0 Å². The molecule has 1 heterocycles. The van der Waals surface area contributed by atoms with E-state index in [4.69, 9.17) is 15.0 Å². The van der Waals surface area contributed by atoms with Crippen LogP contribution in [-0.2, 0) is 0 Å². The molecule has 0 amide bonds. The van der Waals surface area contributed by atoms with Gasteiger partial charge in [0, 0.05) is 16.7 Å². The van der Waals surface area contributed by atoms with Crippen LogP contribution in [0, 0.1) is 0 Å². The van der Waals surface area contributed by atoms with Gasteiger partial charge in [-0.15, -0.1) is 0 Å². The highest BCUT2D eigenvalue weighted by atomic mass is 15.0. The molecular weight excluding hydrogens is 607 g/mol. The minimum absolute atomic E-state index is 0.390. The molecule has 3 nitrogen and oxygen atoms in total. The number of nitrogens with zero attached hydrogens (tertiary/aromatic N) is 3. The average molecular weight is 640 g/mol.